The molecular weight excluding hydrogens is 320 g/mol. The summed E-state index contributed by atoms with van der Waals surface area (Å²) in [6, 6.07) is 4.01. The van der Waals surface area contributed by atoms with Gasteiger partial charge in [-0.2, -0.15) is 0 Å². The zero-order valence-electron chi connectivity index (χ0n) is 14.7. The number of nitrogens with zero attached hydrogens (tertiary/aromatic N) is 5. The molecule has 0 atom stereocenters. The molecule has 2 aromatic heterocycles. The molecule has 3 rings (SSSR count). The van der Waals surface area contributed by atoms with Crippen molar-refractivity contribution in [3.8, 4) is 0 Å². The summed E-state index contributed by atoms with van der Waals surface area (Å²) in [6.45, 7) is 8.22. The maximum atomic E-state index is 12.5. The Morgan fingerprint density at radius 1 is 1.20 bits per heavy atom. The largest absolute Gasteiger partial charge is 0.324 e. The van der Waals surface area contributed by atoms with Crippen LogP contribution < -0.4 is 10.9 Å². The van der Waals surface area contributed by atoms with Crippen molar-refractivity contribution >= 4 is 22.8 Å². The highest BCUT2D eigenvalue weighted by Crippen LogP contribution is 2.21. The average molecular weight is 340 g/mol. The van der Waals surface area contributed by atoms with E-state index in [1.165, 1.54) is 10.9 Å². The Balaban J connectivity index is 1.86. The van der Waals surface area contributed by atoms with Crippen LogP contribution in [-0.2, 0) is 17.9 Å². The summed E-state index contributed by atoms with van der Waals surface area (Å²) >= 11 is 0. The quantitative estimate of drug-likeness (QED) is 0.778. The number of aromatic nitrogens is 5. The standard InChI is InChI=1S/C17H20N6O2/c1-5-23-16-15(20-21-23)17(25)22(9-18-16)8-13(24)19-14-11(3)6-10(2)7-12(14)4/h6-7,9H,5,8H2,1-4H3,(H,19,24). The minimum absolute atomic E-state index is 0.131. The van der Waals surface area contributed by atoms with Crippen molar-refractivity contribution in [2.24, 2.45) is 0 Å². The zero-order chi connectivity index (χ0) is 18.1. The second-order valence-electron chi connectivity index (χ2n) is 6.08. The van der Waals surface area contributed by atoms with Crippen molar-refractivity contribution < 1.29 is 4.79 Å². The van der Waals surface area contributed by atoms with Gasteiger partial charge in [-0.25, -0.2) is 9.67 Å². The Bertz CT molecular complexity index is 995. The van der Waals surface area contributed by atoms with Crippen molar-refractivity contribution in [3.05, 3.63) is 45.5 Å². The molecule has 0 bridgehead atoms. The van der Waals surface area contributed by atoms with E-state index in [2.05, 4.69) is 20.6 Å². The minimum atomic E-state index is -0.378. The molecule has 2 heterocycles. The molecular formula is C17H20N6O2. The molecule has 0 saturated carbocycles. The first-order chi connectivity index (χ1) is 11.9. The second-order valence-corrected chi connectivity index (χ2v) is 6.08. The molecule has 3 aromatic rings. The van der Waals surface area contributed by atoms with Crippen molar-refractivity contribution in [1.82, 2.24) is 24.5 Å². The van der Waals surface area contributed by atoms with E-state index in [0.717, 1.165) is 22.4 Å². The molecule has 0 fully saturated rings. The van der Waals surface area contributed by atoms with Gasteiger partial charge >= 0.3 is 0 Å². The number of aryl methyl sites for hydroxylation is 4. The lowest BCUT2D eigenvalue weighted by Gasteiger charge is -2.13. The van der Waals surface area contributed by atoms with Crippen molar-refractivity contribution in [1.29, 1.82) is 0 Å². The van der Waals surface area contributed by atoms with E-state index in [4.69, 9.17) is 0 Å². The van der Waals surface area contributed by atoms with Gasteiger partial charge in [-0.15, -0.1) is 5.10 Å². The smallest absolute Gasteiger partial charge is 0.283 e. The Hall–Kier alpha value is -3.03. The summed E-state index contributed by atoms with van der Waals surface area (Å²) in [5.41, 5.74) is 4.09. The third kappa shape index (κ3) is 3.15. The highest BCUT2D eigenvalue weighted by molar-refractivity contribution is 5.92. The van der Waals surface area contributed by atoms with Crippen molar-refractivity contribution in [2.75, 3.05) is 5.32 Å². The van der Waals surface area contributed by atoms with Crippen LogP contribution in [-0.4, -0.2) is 30.5 Å². The van der Waals surface area contributed by atoms with Crippen molar-refractivity contribution in [2.45, 2.75) is 40.8 Å². The lowest BCUT2D eigenvalue weighted by molar-refractivity contribution is -0.116. The Morgan fingerprint density at radius 3 is 2.52 bits per heavy atom. The summed E-state index contributed by atoms with van der Waals surface area (Å²) < 4.78 is 2.78. The van der Waals surface area contributed by atoms with E-state index < -0.39 is 0 Å². The Morgan fingerprint density at radius 2 is 1.88 bits per heavy atom. The van der Waals surface area contributed by atoms with Crippen LogP contribution in [0.5, 0.6) is 0 Å². The number of carbonyl (C=O) groups excluding carboxylic acids is 1. The van der Waals surface area contributed by atoms with Crippen LogP contribution in [0.25, 0.3) is 11.2 Å². The van der Waals surface area contributed by atoms with Gasteiger partial charge in [0.05, 0.1) is 0 Å². The first kappa shape index (κ1) is 16.8. The second kappa shape index (κ2) is 6.46. The molecule has 1 aromatic carbocycles. The van der Waals surface area contributed by atoms with Crippen LogP contribution in [0.2, 0.25) is 0 Å². The predicted octanol–water partition coefficient (Wildman–Crippen LogP) is 1.57. The fourth-order valence-corrected chi connectivity index (χ4v) is 2.92. The van der Waals surface area contributed by atoms with Crippen molar-refractivity contribution in [3.63, 3.8) is 0 Å². The molecule has 1 N–H and O–H groups in total. The van der Waals surface area contributed by atoms with Crippen LogP contribution >= 0.6 is 0 Å². The molecule has 0 unspecified atom stereocenters. The third-order valence-electron chi connectivity index (χ3n) is 4.05. The first-order valence-electron chi connectivity index (χ1n) is 8.07. The van der Waals surface area contributed by atoms with E-state index in [9.17, 15) is 9.59 Å². The lowest BCUT2D eigenvalue weighted by atomic mass is 10.1. The maximum Gasteiger partial charge on any atom is 0.283 e. The van der Waals surface area contributed by atoms with E-state index in [1.54, 1.807) is 4.68 Å². The van der Waals surface area contributed by atoms with Gasteiger partial charge in [0, 0.05) is 12.2 Å². The number of rotatable bonds is 4. The number of amides is 1. The van der Waals surface area contributed by atoms with Gasteiger partial charge in [0.15, 0.2) is 11.2 Å². The van der Waals surface area contributed by atoms with Crippen LogP contribution in [0, 0.1) is 20.8 Å². The zero-order valence-corrected chi connectivity index (χ0v) is 14.7. The molecule has 0 spiro atoms. The number of nitrogens with one attached hydrogen (secondary N) is 1. The number of fused-ring (bicyclic) bond motifs is 1. The normalized spacial score (nSPS) is 11.0. The molecule has 1 amide bonds. The highest BCUT2D eigenvalue weighted by atomic mass is 16.2. The summed E-state index contributed by atoms with van der Waals surface area (Å²) in [5.74, 6) is -0.291. The van der Waals surface area contributed by atoms with Gasteiger partial charge < -0.3 is 5.32 Å². The predicted molar refractivity (Wildman–Crippen MR) is 94.5 cm³/mol. The maximum absolute atomic E-state index is 12.5. The Kier molecular flexibility index (Phi) is 4.35. The van der Waals surface area contributed by atoms with E-state index in [-0.39, 0.29) is 23.5 Å². The topological polar surface area (TPSA) is 94.7 Å². The van der Waals surface area contributed by atoms with Gasteiger partial charge in [0.25, 0.3) is 5.56 Å². The van der Waals surface area contributed by atoms with Crippen LogP contribution in [0.15, 0.2) is 23.3 Å². The fourth-order valence-electron chi connectivity index (χ4n) is 2.92. The minimum Gasteiger partial charge on any atom is -0.324 e. The molecule has 25 heavy (non-hydrogen) atoms. The van der Waals surface area contributed by atoms with Gasteiger partial charge in [-0.3, -0.25) is 14.2 Å². The average Bonchev–Trinajstić information content (AvgIpc) is 2.97. The summed E-state index contributed by atoms with van der Waals surface area (Å²) in [4.78, 5) is 29.0. The number of carbonyl (C=O) groups is 1. The summed E-state index contributed by atoms with van der Waals surface area (Å²) in [6.07, 6.45) is 1.36. The number of hydrogen-bond donors (Lipinski definition) is 1. The van der Waals surface area contributed by atoms with Gasteiger partial charge in [-0.05, 0) is 38.8 Å². The SMILES string of the molecule is CCn1nnc2c(=O)n(CC(=O)Nc3c(C)cc(C)cc3C)cnc21. The molecule has 130 valence electrons. The van der Waals surface area contributed by atoms with Crippen LogP contribution in [0.1, 0.15) is 23.6 Å². The summed E-state index contributed by atoms with van der Waals surface area (Å²) in [5, 5.41) is 10.6. The van der Waals surface area contributed by atoms with Gasteiger partial charge in [0.2, 0.25) is 5.91 Å². The van der Waals surface area contributed by atoms with E-state index >= 15 is 0 Å². The molecule has 8 nitrogen and oxygen atoms in total. The van der Waals surface area contributed by atoms with Gasteiger partial charge in [0.1, 0.15) is 12.9 Å². The molecule has 0 aliphatic rings. The fraction of sp³-hybridized carbons (Fsp3) is 0.353. The molecule has 0 aliphatic carbocycles. The first-order valence-corrected chi connectivity index (χ1v) is 8.07. The van der Waals surface area contributed by atoms with Crippen LogP contribution in [0.4, 0.5) is 5.69 Å². The van der Waals surface area contributed by atoms with Crippen LogP contribution in [0.3, 0.4) is 0 Å². The molecule has 8 heteroatoms. The van der Waals surface area contributed by atoms with E-state index in [1.807, 2.05) is 39.8 Å². The lowest BCUT2D eigenvalue weighted by Crippen LogP contribution is -2.28. The molecule has 0 saturated heterocycles. The highest BCUT2D eigenvalue weighted by Gasteiger charge is 2.14. The number of benzene rings is 1. The number of hydrogen-bond acceptors (Lipinski definition) is 5. The molecule has 0 radical (unpaired) electrons. The number of anilines is 1. The Labute approximate surface area is 144 Å². The van der Waals surface area contributed by atoms with Gasteiger partial charge in [-0.1, -0.05) is 22.9 Å². The van der Waals surface area contributed by atoms with E-state index in [0.29, 0.717) is 12.2 Å². The molecule has 0 aliphatic heterocycles. The third-order valence-corrected chi connectivity index (χ3v) is 4.05. The monoisotopic (exact) mass is 340 g/mol. The summed E-state index contributed by atoms with van der Waals surface area (Å²) in [7, 11) is 0.